The average molecular weight is 359 g/mol. The maximum Gasteiger partial charge on any atom is 0.243 e. The fourth-order valence-electron chi connectivity index (χ4n) is 3.53. The highest BCUT2D eigenvalue weighted by atomic mass is 16.2. The van der Waals surface area contributed by atoms with Gasteiger partial charge < -0.3 is 4.98 Å². The standard InChI is InChI=1S/C23H25N3O/c1-23(2,3)17-10-8-15(9-11-17)19-12-20(19)22(27)26-25-14-16-13-24-21-7-5-4-6-18(16)21/h4-11,13-14,19-20,24H,12H2,1-3H3,(H,26,27)/b25-14+. The van der Waals surface area contributed by atoms with Crippen molar-refractivity contribution in [2.24, 2.45) is 11.0 Å². The first-order valence-corrected chi connectivity index (χ1v) is 9.43. The lowest BCUT2D eigenvalue weighted by Crippen LogP contribution is -2.20. The Hall–Kier alpha value is -2.88. The Balaban J connectivity index is 1.36. The fraction of sp³-hybridized carbons (Fsp3) is 0.304. The number of para-hydroxylation sites is 1. The number of fused-ring (bicyclic) bond motifs is 1. The molecule has 3 aromatic rings. The maximum atomic E-state index is 12.4. The summed E-state index contributed by atoms with van der Waals surface area (Å²) in [5.41, 5.74) is 7.43. The highest BCUT2D eigenvalue weighted by molar-refractivity contribution is 5.99. The van der Waals surface area contributed by atoms with Gasteiger partial charge >= 0.3 is 0 Å². The molecule has 2 aromatic carbocycles. The molecule has 0 aliphatic heterocycles. The quantitative estimate of drug-likeness (QED) is 0.514. The minimum atomic E-state index is -0.00371. The maximum absolute atomic E-state index is 12.4. The van der Waals surface area contributed by atoms with Crippen LogP contribution in [0.25, 0.3) is 10.9 Å². The van der Waals surface area contributed by atoms with Crippen molar-refractivity contribution in [3.8, 4) is 0 Å². The SMILES string of the molecule is CC(C)(C)c1ccc(C2CC2C(=O)N/N=C/c2c[nH]c3ccccc23)cc1. The molecule has 0 spiro atoms. The topological polar surface area (TPSA) is 57.2 Å². The van der Waals surface area contributed by atoms with E-state index >= 15 is 0 Å². The van der Waals surface area contributed by atoms with E-state index in [1.54, 1.807) is 6.21 Å². The third-order valence-electron chi connectivity index (χ3n) is 5.33. The number of benzene rings is 2. The van der Waals surface area contributed by atoms with E-state index < -0.39 is 0 Å². The summed E-state index contributed by atoms with van der Waals surface area (Å²) < 4.78 is 0. The second-order valence-electron chi connectivity index (χ2n) is 8.34. The Kier molecular flexibility index (Phi) is 4.34. The van der Waals surface area contributed by atoms with Gasteiger partial charge in [0.1, 0.15) is 0 Å². The fourth-order valence-corrected chi connectivity index (χ4v) is 3.53. The zero-order chi connectivity index (χ0) is 19.0. The van der Waals surface area contributed by atoms with Gasteiger partial charge in [-0.2, -0.15) is 5.10 Å². The first-order chi connectivity index (χ1) is 12.9. The van der Waals surface area contributed by atoms with Crippen LogP contribution >= 0.6 is 0 Å². The van der Waals surface area contributed by atoms with Gasteiger partial charge in [-0.25, -0.2) is 5.43 Å². The number of nitrogens with zero attached hydrogens (tertiary/aromatic N) is 1. The number of hydrogen-bond donors (Lipinski definition) is 2. The summed E-state index contributed by atoms with van der Waals surface area (Å²) in [6.45, 7) is 6.63. The van der Waals surface area contributed by atoms with Crippen molar-refractivity contribution < 1.29 is 4.79 Å². The van der Waals surface area contributed by atoms with E-state index in [4.69, 9.17) is 0 Å². The Morgan fingerprint density at radius 2 is 1.89 bits per heavy atom. The number of hydrazone groups is 1. The van der Waals surface area contributed by atoms with Gasteiger partial charge in [-0.05, 0) is 34.9 Å². The van der Waals surface area contributed by atoms with E-state index in [0.717, 1.165) is 22.9 Å². The van der Waals surface area contributed by atoms with Crippen LogP contribution in [0, 0.1) is 5.92 Å². The van der Waals surface area contributed by atoms with Crippen LogP contribution in [0.5, 0.6) is 0 Å². The molecule has 1 fully saturated rings. The lowest BCUT2D eigenvalue weighted by Gasteiger charge is -2.19. The molecule has 138 valence electrons. The first kappa shape index (κ1) is 17.5. The number of H-pyrrole nitrogens is 1. The van der Waals surface area contributed by atoms with E-state index in [2.05, 4.69) is 60.5 Å². The third kappa shape index (κ3) is 3.65. The van der Waals surface area contributed by atoms with Crippen LogP contribution in [-0.2, 0) is 10.2 Å². The third-order valence-corrected chi connectivity index (χ3v) is 5.33. The molecule has 2 unspecified atom stereocenters. The van der Waals surface area contributed by atoms with Crippen molar-refractivity contribution in [3.05, 3.63) is 71.4 Å². The number of aromatic amines is 1. The van der Waals surface area contributed by atoms with E-state index in [0.29, 0.717) is 5.92 Å². The minimum Gasteiger partial charge on any atom is -0.361 e. The second kappa shape index (κ2) is 6.69. The Morgan fingerprint density at radius 1 is 1.15 bits per heavy atom. The molecular formula is C23H25N3O. The Bertz CT molecular complexity index is 992. The molecule has 1 heterocycles. The molecule has 4 nitrogen and oxygen atoms in total. The van der Waals surface area contributed by atoms with Crippen LogP contribution in [0.1, 0.15) is 49.8 Å². The van der Waals surface area contributed by atoms with Gasteiger partial charge in [0.05, 0.1) is 6.21 Å². The molecule has 4 rings (SSSR count). The van der Waals surface area contributed by atoms with Crippen molar-refractivity contribution in [2.45, 2.75) is 38.5 Å². The summed E-state index contributed by atoms with van der Waals surface area (Å²) in [6, 6.07) is 16.7. The molecule has 0 bridgehead atoms. The predicted octanol–water partition coefficient (Wildman–Crippen LogP) is 4.72. The summed E-state index contributed by atoms with van der Waals surface area (Å²) >= 11 is 0. The molecule has 1 amide bonds. The molecular weight excluding hydrogens is 334 g/mol. The highest BCUT2D eigenvalue weighted by Gasteiger charge is 2.44. The molecule has 1 saturated carbocycles. The lowest BCUT2D eigenvalue weighted by molar-refractivity contribution is -0.122. The Morgan fingerprint density at radius 3 is 2.63 bits per heavy atom. The second-order valence-corrected chi connectivity index (χ2v) is 8.34. The minimum absolute atomic E-state index is 0.00371. The molecule has 27 heavy (non-hydrogen) atoms. The van der Waals surface area contributed by atoms with Crippen molar-refractivity contribution in [1.82, 2.24) is 10.4 Å². The van der Waals surface area contributed by atoms with Crippen molar-refractivity contribution in [3.63, 3.8) is 0 Å². The zero-order valence-corrected chi connectivity index (χ0v) is 16.0. The lowest BCUT2D eigenvalue weighted by atomic mass is 9.86. The van der Waals surface area contributed by atoms with Gasteiger partial charge in [0.2, 0.25) is 5.91 Å². The highest BCUT2D eigenvalue weighted by Crippen LogP contribution is 2.47. The average Bonchev–Trinajstić information content (AvgIpc) is 3.36. The number of amides is 1. The molecule has 4 heteroatoms. The molecule has 1 aliphatic carbocycles. The van der Waals surface area contributed by atoms with Crippen molar-refractivity contribution in [2.75, 3.05) is 0 Å². The van der Waals surface area contributed by atoms with Gasteiger partial charge in [0.25, 0.3) is 0 Å². The van der Waals surface area contributed by atoms with Crippen LogP contribution in [0.3, 0.4) is 0 Å². The molecule has 1 aliphatic rings. The van der Waals surface area contributed by atoms with Crippen LogP contribution in [-0.4, -0.2) is 17.1 Å². The number of rotatable bonds is 4. The van der Waals surface area contributed by atoms with Crippen LogP contribution in [0.4, 0.5) is 0 Å². The first-order valence-electron chi connectivity index (χ1n) is 9.43. The van der Waals surface area contributed by atoms with Crippen molar-refractivity contribution in [1.29, 1.82) is 0 Å². The summed E-state index contributed by atoms with van der Waals surface area (Å²) in [6.07, 6.45) is 4.49. The van der Waals surface area contributed by atoms with Gasteiger partial charge in [-0.1, -0.05) is 63.2 Å². The number of nitrogens with one attached hydrogen (secondary N) is 2. The molecule has 2 atom stereocenters. The number of hydrogen-bond acceptors (Lipinski definition) is 2. The summed E-state index contributed by atoms with van der Waals surface area (Å²) in [5, 5.41) is 5.25. The monoisotopic (exact) mass is 359 g/mol. The largest absolute Gasteiger partial charge is 0.361 e. The number of carbonyl (C=O) groups is 1. The summed E-state index contributed by atoms with van der Waals surface area (Å²) in [5.74, 6) is 0.323. The van der Waals surface area contributed by atoms with E-state index in [1.807, 2.05) is 30.5 Å². The molecule has 0 saturated heterocycles. The van der Waals surface area contributed by atoms with E-state index in [9.17, 15) is 4.79 Å². The molecule has 0 radical (unpaired) electrons. The predicted molar refractivity (Wildman–Crippen MR) is 110 cm³/mol. The van der Waals surface area contributed by atoms with Crippen LogP contribution in [0.2, 0.25) is 0 Å². The van der Waals surface area contributed by atoms with Crippen LogP contribution < -0.4 is 5.43 Å². The van der Waals surface area contributed by atoms with E-state index in [-0.39, 0.29) is 17.2 Å². The number of aromatic nitrogens is 1. The Labute approximate surface area is 159 Å². The van der Waals surface area contributed by atoms with Gasteiger partial charge in [-0.3, -0.25) is 4.79 Å². The molecule has 1 aromatic heterocycles. The van der Waals surface area contributed by atoms with Gasteiger partial charge in [0.15, 0.2) is 0 Å². The molecule has 2 N–H and O–H groups in total. The summed E-state index contributed by atoms with van der Waals surface area (Å²) in [4.78, 5) is 15.6. The van der Waals surface area contributed by atoms with Crippen LogP contribution in [0.15, 0.2) is 59.8 Å². The number of carbonyl (C=O) groups excluding carboxylic acids is 1. The zero-order valence-electron chi connectivity index (χ0n) is 16.0. The smallest absolute Gasteiger partial charge is 0.243 e. The van der Waals surface area contributed by atoms with E-state index in [1.165, 1.54) is 11.1 Å². The van der Waals surface area contributed by atoms with Crippen molar-refractivity contribution >= 4 is 23.0 Å². The van der Waals surface area contributed by atoms with Gasteiger partial charge in [-0.15, -0.1) is 0 Å². The summed E-state index contributed by atoms with van der Waals surface area (Å²) in [7, 11) is 0. The van der Waals surface area contributed by atoms with Gasteiger partial charge in [0, 0.05) is 28.6 Å². The normalized spacial score (nSPS) is 19.5.